The molecule has 0 unspecified atom stereocenters. The van der Waals surface area contributed by atoms with Crippen molar-refractivity contribution in [3.63, 3.8) is 0 Å². The van der Waals surface area contributed by atoms with Gasteiger partial charge in [-0.05, 0) is 31.0 Å². The van der Waals surface area contributed by atoms with Crippen molar-refractivity contribution in [3.05, 3.63) is 63.1 Å². The third-order valence-electron chi connectivity index (χ3n) is 3.98. The number of hydrogen-bond acceptors (Lipinski definition) is 3. The number of nitrogens with one attached hydrogen (secondary N) is 2. The zero-order valence-corrected chi connectivity index (χ0v) is 12.9. The summed E-state index contributed by atoms with van der Waals surface area (Å²) in [5, 5.41) is 2.11. The first kappa shape index (κ1) is 16.9. The Morgan fingerprint density at radius 3 is 2.56 bits per heavy atom. The number of rotatable bonds is 2. The zero-order valence-electron chi connectivity index (χ0n) is 12.9. The lowest BCUT2D eigenvalue weighted by Crippen LogP contribution is -2.28. The van der Waals surface area contributed by atoms with Crippen molar-refractivity contribution in [2.75, 3.05) is 5.32 Å². The van der Waals surface area contributed by atoms with Crippen LogP contribution >= 0.6 is 0 Å². The Kier molecular flexibility index (Phi) is 4.20. The number of fused-ring (bicyclic) bond motifs is 1. The van der Waals surface area contributed by atoms with Crippen LogP contribution in [0.3, 0.4) is 0 Å². The van der Waals surface area contributed by atoms with Gasteiger partial charge in [0.1, 0.15) is 5.56 Å². The van der Waals surface area contributed by atoms with E-state index in [2.05, 4.69) is 10.3 Å². The van der Waals surface area contributed by atoms with Crippen molar-refractivity contribution in [1.29, 1.82) is 0 Å². The fourth-order valence-corrected chi connectivity index (χ4v) is 2.77. The molecule has 0 spiro atoms. The van der Waals surface area contributed by atoms with Gasteiger partial charge in [0.2, 0.25) is 0 Å². The first-order chi connectivity index (χ1) is 11.8. The first-order valence-corrected chi connectivity index (χ1v) is 7.54. The molecule has 0 fully saturated rings. The summed E-state index contributed by atoms with van der Waals surface area (Å²) in [4.78, 5) is 38.8. The van der Waals surface area contributed by atoms with E-state index in [4.69, 9.17) is 0 Å². The highest BCUT2D eigenvalue weighted by Gasteiger charge is 2.34. The fraction of sp³-hybridized carbons (Fsp3) is 0.235. The number of carbonyl (C=O) groups is 2. The average molecular weight is 350 g/mol. The molecular formula is C17H13F3N2O3. The molecule has 3 rings (SSSR count). The maximum atomic E-state index is 13.0. The number of halogens is 3. The van der Waals surface area contributed by atoms with E-state index in [0.717, 1.165) is 18.2 Å². The number of ketones is 1. The number of pyridine rings is 1. The number of aromatic amines is 1. The van der Waals surface area contributed by atoms with Crippen LogP contribution in [0.2, 0.25) is 0 Å². The molecule has 0 aliphatic heterocycles. The standard InChI is InChI=1S/C17H13F3N2O3/c18-17(19,20)11-4-1-2-5-13(11)22-16(25)10-8-9-12(21-15(10)24)6-3-7-14(9)23/h1-2,4-5,8H,3,6-7H2,(H,21,24)(H,22,25). The second-order valence-electron chi connectivity index (χ2n) is 5.68. The predicted octanol–water partition coefficient (Wildman–Crippen LogP) is 3.17. The van der Waals surface area contributed by atoms with Crippen LogP contribution < -0.4 is 10.9 Å². The van der Waals surface area contributed by atoms with E-state index < -0.39 is 34.5 Å². The van der Waals surface area contributed by atoms with Crippen LogP contribution in [0.25, 0.3) is 0 Å². The minimum Gasteiger partial charge on any atom is -0.325 e. The number of H-pyrrole nitrogens is 1. The van der Waals surface area contributed by atoms with E-state index in [-0.39, 0.29) is 11.3 Å². The molecular weight excluding hydrogens is 337 g/mol. The van der Waals surface area contributed by atoms with Gasteiger partial charge in [0.25, 0.3) is 11.5 Å². The highest BCUT2D eigenvalue weighted by atomic mass is 19.4. The number of anilines is 1. The van der Waals surface area contributed by atoms with Gasteiger partial charge < -0.3 is 10.3 Å². The normalized spacial score (nSPS) is 14.1. The van der Waals surface area contributed by atoms with Gasteiger partial charge in [-0.1, -0.05) is 12.1 Å². The van der Waals surface area contributed by atoms with Crippen LogP contribution in [0, 0.1) is 0 Å². The highest BCUT2D eigenvalue weighted by molar-refractivity contribution is 6.07. The second-order valence-corrected chi connectivity index (χ2v) is 5.68. The quantitative estimate of drug-likeness (QED) is 0.873. The Labute approximate surface area is 139 Å². The highest BCUT2D eigenvalue weighted by Crippen LogP contribution is 2.34. The Bertz CT molecular complexity index is 916. The van der Waals surface area contributed by atoms with E-state index in [0.29, 0.717) is 25.0 Å². The Balaban J connectivity index is 1.97. The van der Waals surface area contributed by atoms with Gasteiger partial charge >= 0.3 is 6.18 Å². The molecule has 0 atom stereocenters. The number of hydrogen-bond donors (Lipinski definition) is 2. The monoisotopic (exact) mass is 350 g/mol. The minimum absolute atomic E-state index is 0.206. The number of alkyl halides is 3. The lowest BCUT2D eigenvalue weighted by atomic mass is 9.93. The zero-order chi connectivity index (χ0) is 18.2. The molecule has 2 N–H and O–H groups in total. The largest absolute Gasteiger partial charge is 0.418 e. The summed E-state index contributed by atoms with van der Waals surface area (Å²) in [5.41, 5.74) is -1.92. The number of benzene rings is 1. The molecule has 5 nitrogen and oxygen atoms in total. The molecule has 130 valence electrons. The van der Waals surface area contributed by atoms with Crippen LogP contribution in [0.15, 0.2) is 35.1 Å². The van der Waals surface area contributed by atoms with Crippen molar-refractivity contribution < 1.29 is 22.8 Å². The van der Waals surface area contributed by atoms with E-state index >= 15 is 0 Å². The summed E-state index contributed by atoms with van der Waals surface area (Å²) in [6, 6.07) is 5.62. The maximum Gasteiger partial charge on any atom is 0.418 e. The van der Waals surface area contributed by atoms with Gasteiger partial charge in [0.15, 0.2) is 5.78 Å². The molecule has 0 saturated heterocycles. The molecule has 1 aromatic carbocycles. The Morgan fingerprint density at radius 2 is 1.84 bits per heavy atom. The summed E-state index contributed by atoms with van der Waals surface area (Å²) in [7, 11) is 0. The van der Waals surface area contributed by atoms with Gasteiger partial charge in [0.05, 0.1) is 11.3 Å². The third-order valence-corrected chi connectivity index (χ3v) is 3.98. The Morgan fingerprint density at radius 1 is 1.12 bits per heavy atom. The number of carbonyl (C=O) groups excluding carboxylic acids is 2. The van der Waals surface area contributed by atoms with Crippen LogP contribution in [0.5, 0.6) is 0 Å². The molecule has 0 radical (unpaired) electrons. The average Bonchev–Trinajstić information content (AvgIpc) is 2.54. The summed E-state index contributed by atoms with van der Waals surface area (Å²) in [6.07, 6.45) is -3.24. The number of Topliss-reactive ketones (excluding diaryl/α,β-unsaturated/α-hetero) is 1. The number of amides is 1. The van der Waals surface area contributed by atoms with Crippen molar-refractivity contribution in [2.24, 2.45) is 0 Å². The number of aromatic nitrogens is 1. The predicted molar refractivity (Wildman–Crippen MR) is 83.7 cm³/mol. The minimum atomic E-state index is -4.65. The third kappa shape index (κ3) is 3.33. The van der Waals surface area contributed by atoms with E-state index in [1.807, 2.05) is 0 Å². The van der Waals surface area contributed by atoms with E-state index in [1.165, 1.54) is 12.1 Å². The lowest BCUT2D eigenvalue weighted by molar-refractivity contribution is -0.136. The van der Waals surface area contributed by atoms with Crippen LogP contribution in [-0.2, 0) is 12.6 Å². The van der Waals surface area contributed by atoms with Crippen LogP contribution in [0.1, 0.15) is 44.8 Å². The first-order valence-electron chi connectivity index (χ1n) is 7.54. The second kappa shape index (κ2) is 6.19. The van der Waals surface area contributed by atoms with E-state index in [9.17, 15) is 27.6 Å². The molecule has 2 aromatic rings. The summed E-state index contributed by atoms with van der Waals surface area (Å²) >= 11 is 0. The molecule has 1 aliphatic rings. The summed E-state index contributed by atoms with van der Waals surface area (Å²) in [6.45, 7) is 0. The van der Waals surface area contributed by atoms with Gasteiger partial charge in [-0.2, -0.15) is 13.2 Å². The maximum absolute atomic E-state index is 13.0. The molecule has 1 aromatic heterocycles. The molecule has 0 bridgehead atoms. The lowest BCUT2D eigenvalue weighted by Gasteiger charge is -2.16. The van der Waals surface area contributed by atoms with Gasteiger partial charge in [-0.15, -0.1) is 0 Å². The molecule has 1 amide bonds. The molecule has 1 heterocycles. The van der Waals surface area contributed by atoms with Gasteiger partial charge in [-0.3, -0.25) is 14.4 Å². The number of aryl methyl sites for hydroxylation is 1. The smallest absolute Gasteiger partial charge is 0.325 e. The van der Waals surface area contributed by atoms with Crippen molar-refractivity contribution >= 4 is 17.4 Å². The van der Waals surface area contributed by atoms with Crippen molar-refractivity contribution in [1.82, 2.24) is 4.98 Å². The summed E-state index contributed by atoms with van der Waals surface area (Å²) in [5.74, 6) is -1.21. The van der Waals surface area contributed by atoms with E-state index in [1.54, 1.807) is 0 Å². The topological polar surface area (TPSA) is 79.0 Å². The van der Waals surface area contributed by atoms with Crippen molar-refractivity contribution in [2.45, 2.75) is 25.4 Å². The summed E-state index contributed by atoms with van der Waals surface area (Å²) < 4.78 is 39.0. The SMILES string of the molecule is O=C1CCCc2[nH]c(=O)c(C(=O)Nc3ccccc3C(F)(F)F)cc21. The van der Waals surface area contributed by atoms with Gasteiger partial charge in [0, 0.05) is 17.7 Å². The molecule has 0 saturated carbocycles. The molecule has 8 heteroatoms. The van der Waals surface area contributed by atoms with Gasteiger partial charge in [-0.25, -0.2) is 0 Å². The Hall–Kier alpha value is -2.90. The van der Waals surface area contributed by atoms with Crippen LogP contribution in [-0.4, -0.2) is 16.7 Å². The molecule has 1 aliphatic carbocycles. The van der Waals surface area contributed by atoms with Crippen LogP contribution in [0.4, 0.5) is 18.9 Å². The van der Waals surface area contributed by atoms with Crippen molar-refractivity contribution in [3.8, 4) is 0 Å². The number of para-hydroxylation sites is 1. The molecule has 25 heavy (non-hydrogen) atoms. The fourth-order valence-electron chi connectivity index (χ4n) is 2.77.